The van der Waals surface area contributed by atoms with Gasteiger partial charge in [-0.3, -0.25) is 8.74 Å². The van der Waals surface area contributed by atoms with Crippen LogP contribution in [0.15, 0.2) is 89.2 Å². The monoisotopic (exact) mass is 655 g/mol. The van der Waals surface area contributed by atoms with Gasteiger partial charge in [0.15, 0.2) is 0 Å². The van der Waals surface area contributed by atoms with Crippen LogP contribution in [0.4, 0.5) is 0 Å². The van der Waals surface area contributed by atoms with E-state index in [0.29, 0.717) is 15.6 Å². The molecule has 0 spiro atoms. The van der Waals surface area contributed by atoms with E-state index in [9.17, 15) is 16.8 Å². The summed E-state index contributed by atoms with van der Waals surface area (Å²) in [7, 11) is -7.96. The standard InChI is InChI=1S/C20H19Cl2N3O5S.C7H8O3S/c1-14-2-5-17(6-3-14)31(26,27)29-10-16-9-28-20(30-16,11-25-13-23-12-24-25)18-7-4-15(21)8-19(18)22;1-6-2-4-7(5-3-6)11(8,9)10/h2-8,12-13,16H,9-11H2,1H3;2-5H,1H3,(H,8,9,10)/t16-,20-;/m0./s1. The van der Waals surface area contributed by atoms with Crippen LogP contribution < -0.4 is 0 Å². The molecule has 0 saturated carbocycles. The molecule has 4 aromatic rings. The van der Waals surface area contributed by atoms with Gasteiger partial charge >= 0.3 is 0 Å². The van der Waals surface area contributed by atoms with Crippen LogP contribution in [0.3, 0.4) is 0 Å². The maximum Gasteiger partial charge on any atom is 0.297 e. The number of aryl methyl sites for hydroxylation is 2. The van der Waals surface area contributed by atoms with Gasteiger partial charge in [-0.05, 0) is 50.2 Å². The Hall–Kier alpha value is -2.88. The van der Waals surface area contributed by atoms with Crippen molar-refractivity contribution in [3.8, 4) is 0 Å². The van der Waals surface area contributed by atoms with Crippen LogP contribution in [-0.2, 0) is 46.2 Å². The Kier molecular flexibility index (Phi) is 10.1. The van der Waals surface area contributed by atoms with Gasteiger partial charge in [0.1, 0.15) is 25.3 Å². The second kappa shape index (κ2) is 13.2. The zero-order valence-electron chi connectivity index (χ0n) is 22.4. The van der Waals surface area contributed by atoms with Crippen LogP contribution in [0.25, 0.3) is 0 Å². The number of hydrogen-bond donors (Lipinski definition) is 1. The largest absolute Gasteiger partial charge is 0.342 e. The highest BCUT2D eigenvalue weighted by Gasteiger charge is 2.46. The molecule has 1 N–H and O–H groups in total. The maximum atomic E-state index is 12.5. The Bertz CT molecular complexity index is 1720. The third-order valence-electron chi connectivity index (χ3n) is 6.08. The Labute approximate surface area is 253 Å². The highest BCUT2D eigenvalue weighted by Crippen LogP contribution is 2.40. The van der Waals surface area contributed by atoms with E-state index >= 15 is 0 Å². The zero-order valence-corrected chi connectivity index (χ0v) is 25.6. The number of ether oxygens (including phenoxy) is 2. The van der Waals surface area contributed by atoms with Crippen LogP contribution in [0, 0.1) is 13.8 Å². The number of halogens is 2. The maximum absolute atomic E-state index is 12.5. The van der Waals surface area contributed by atoms with Crippen molar-refractivity contribution in [1.29, 1.82) is 0 Å². The minimum atomic E-state index is -4.02. The highest BCUT2D eigenvalue weighted by atomic mass is 35.5. The SMILES string of the molecule is Cc1ccc(S(=O)(=O)O)cc1.Cc1ccc(S(=O)(=O)OC[C@@H]2CO[C@](Cn3cncn3)(c3ccc(Cl)cc3Cl)O2)cc1. The fourth-order valence-corrected chi connectivity index (χ4v) is 5.90. The highest BCUT2D eigenvalue weighted by molar-refractivity contribution is 7.86. The molecule has 1 aromatic heterocycles. The van der Waals surface area contributed by atoms with Gasteiger partial charge in [-0.2, -0.15) is 21.9 Å². The quantitative estimate of drug-likeness (QED) is 0.207. The molecule has 0 bridgehead atoms. The molecular formula is C27H27Cl2N3O8S2. The fraction of sp³-hybridized carbons (Fsp3) is 0.259. The summed E-state index contributed by atoms with van der Waals surface area (Å²) in [5.41, 5.74) is 2.44. The predicted molar refractivity (Wildman–Crippen MR) is 154 cm³/mol. The molecule has 42 heavy (non-hydrogen) atoms. The molecule has 2 heterocycles. The van der Waals surface area contributed by atoms with Gasteiger partial charge in [0, 0.05) is 10.6 Å². The van der Waals surface area contributed by atoms with Crippen LogP contribution in [0.5, 0.6) is 0 Å². The smallest absolute Gasteiger partial charge is 0.297 e. The van der Waals surface area contributed by atoms with Gasteiger partial charge in [0.25, 0.3) is 20.2 Å². The summed E-state index contributed by atoms with van der Waals surface area (Å²) in [6.45, 7) is 3.73. The Morgan fingerprint density at radius 2 is 1.60 bits per heavy atom. The van der Waals surface area contributed by atoms with Gasteiger partial charge < -0.3 is 9.47 Å². The van der Waals surface area contributed by atoms with Gasteiger partial charge in [-0.1, -0.05) is 64.7 Å². The predicted octanol–water partition coefficient (Wildman–Crippen LogP) is 4.81. The molecule has 1 fully saturated rings. The molecule has 1 aliphatic heterocycles. The fourth-order valence-electron chi connectivity index (χ4n) is 3.93. The van der Waals surface area contributed by atoms with Crippen molar-refractivity contribution >= 4 is 43.4 Å². The number of rotatable bonds is 8. The molecule has 1 aliphatic rings. The van der Waals surface area contributed by atoms with Crippen molar-refractivity contribution in [3.05, 3.63) is 106 Å². The first-order valence-electron chi connectivity index (χ1n) is 12.4. The van der Waals surface area contributed by atoms with Gasteiger partial charge in [0.05, 0.1) is 28.0 Å². The third kappa shape index (κ3) is 8.14. The summed E-state index contributed by atoms with van der Waals surface area (Å²) < 4.78 is 73.5. The van der Waals surface area contributed by atoms with E-state index in [2.05, 4.69) is 10.1 Å². The average Bonchev–Trinajstić information content (AvgIpc) is 3.59. The molecule has 0 unspecified atom stereocenters. The lowest BCUT2D eigenvalue weighted by Gasteiger charge is -2.29. The van der Waals surface area contributed by atoms with E-state index in [1.165, 1.54) is 41.6 Å². The van der Waals surface area contributed by atoms with E-state index in [0.717, 1.165) is 11.1 Å². The minimum absolute atomic E-state index is 0.0666. The van der Waals surface area contributed by atoms with Gasteiger partial charge in [0.2, 0.25) is 5.79 Å². The molecule has 3 aromatic carbocycles. The molecule has 2 atom stereocenters. The van der Waals surface area contributed by atoms with Crippen LogP contribution in [-0.4, -0.2) is 55.5 Å². The summed E-state index contributed by atoms with van der Waals surface area (Å²) in [6.07, 6.45) is 2.25. The molecule has 15 heteroatoms. The molecule has 224 valence electrons. The number of benzene rings is 3. The molecule has 11 nitrogen and oxygen atoms in total. The first-order valence-corrected chi connectivity index (χ1v) is 16.0. The van der Waals surface area contributed by atoms with Crippen molar-refractivity contribution in [2.75, 3.05) is 13.2 Å². The molecule has 0 aliphatic carbocycles. The van der Waals surface area contributed by atoms with E-state index < -0.39 is 32.1 Å². The second-order valence-electron chi connectivity index (χ2n) is 9.36. The van der Waals surface area contributed by atoms with Gasteiger partial charge in [-0.15, -0.1) is 0 Å². The van der Waals surface area contributed by atoms with E-state index in [-0.39, 0.29) is 29.5 Å². The summed E-state index contributed by atoms with van der Waals surface area (Å²) in [4.78, 5) is 3.94. The summed E-state index contributed by atoms with van der Waals surface area (Å²) in [5, 5.41) is 4.92. The second-order valence-corrected chi connectivity index (χ2v) is 13.2. The Morgan fingerprint density at radius 3 is 2.14 bits per heavy atom. The van der Waals surface area contributed by atoms with Crippen molar-refractivity contribution in [1.82, 2.24) is 14.8 Å². The first-order chi connectivity index (χ1) is 19.8. The molecule has 1 saturated heterocycles. The minimum Gasteiger partial charge on any atom is -0.342 e. The third-order valence-corrected chi connectivity index (χ3v) is 8.79. The van der Waals surface area contributed by atoms with Crippen LogP contribution in [0.2, 0.25) is 10.0 Å². The van der Waals surface area contributed by atoms with E-state index in [1.807, 2.05) is 13.8 Å². The lowest BCUT2D eigenvalue weighted by molar-refractivity contribution is -0.190. The van der Waals surface area contributed by atoms with Crippen LogP contribution in [0.1, 0.15) is 16.7 Å². The Morgan fingerprint density at radius 1 is 0.976 bits per heavy atom. The van der Waals surface area contributed by atoms with Gasteiger partial charge in [-0.25, -0.2) is 9.67 Å². The van der Waals surface area contributed by atoms with E-state index in [4.69, 9.17) is 41.4 Å². The molecular weight excluding hydrogens is 629 g/mol. The van der Waals surface area contributed by atoms with Crippen molar-refractivity contribution < 1.29 is 35.0 Å². The Balaban J connectivity index is 0.000000310. The summed E-state index contributed by atoms with van der Waals surface area (Å²) >= 11 is 12.4. The van der Waals surface area contributed by atoms with E-state index in [1.54, 1.807) is 42.5 Å². The normalized spacial score (nSPS) is 18.8. The van der Waals surface area contributed by atoms with Crippen molar-refractivity contribution in [3.63, 3.8) is 0 Å². The lowest BCUT2D eigenvalue weighted by atomic mass is 10.1. The first kappa shape index (κ1) is 32.0. The van der Waals surface area contributed by atoms with Crippen molar-refractivity contribution in [2.45, 2.75) is 42.1 Å². The molecule has 0 amide bonds. The molecule has 5 rings (SSSR count). The number of aromatic nitrogens is 3. The molecule has 0 radical (unpaired) electrons. The zero-order chi connectivity index (χ0) is 30.5. The van der Waals surface area contributed by atoms with Crippen molar-refractivity contribution in [2.24, 2.45) is 0 Å². The summed E-state index contributed by atoms with van der Waals surface area (Å²) in [5.74, 6) is -1.31. The number of nitrogens with zero attached hydrogens (tertiary/aromatic N) is 3. The summed E-state index contributed by atoms with van der Waals surface area (Å²) in [6, 6.07) is 17.4. The number of hydrogen-bond acceptors (Lipinski definition) is 9. The lowest BCUT2D eigenvalue weighted by Crippen LogP contribution is -2.35. The average molecular weight is 657 g/mol. The topological polar surface area (TPSA) is 147 Å². The van der Waals surface area contributed by atoms with Crippen LogP contribution >= 0.6 is 23.2 Å².